The number of alkyl halides is 1. The summed E-state index contributed by atoms with van der Waals surface area (Å²) in [7, 11) is -1.77. The van der Waals surface area contributed by atoms with Crippen LogP contribution in [-0.2, 0) is 4.57 Å². The fourth-order valence-electron chi connectivity index (χ4n) is 3.43. The van der Waals surface area contributed by atoms with E-state index >= 15 is 0 Å². The van der Waals surface area contributed by atoms with Gasteiger partial charge in [-0.15, -0.1) is 0 Å². The molecule has 0 aliphatic heterocycles. The Hall–Kier alpha value is 0.840. The molecule has 0 aromatic heterocycles. The normalized spacial score (nSPS) is 12.2. The molecule has 27 heavy (non-hydrogen) atoms. The lowest BCUT2D eigenvalue weighted by Crippen LogP contribution is -2.21. The van der Waals surface area contributed by atoms with Gasteiger partial charge in [-0.2, -0.15) is 0 Å². The van der Waals surface area contributed by atoms with E-state index in [1.807, 2.05) is 7.05 Å². The van der Waals surface area contributed by atoms with Crippen molar-refractivity contribution in [1.29, 1.82) is 0 Å². The predicted molar refractivity (Wildman–Crippen MR) is 127 cm³/mol. The first kappa shape index (κ1) is 27.8. The maximum Gasteiger partial charge on any atom is 0.325 e. The molecule has 164 valence electrons. The lowest BCUT2D eigenvalue weighted by molar-refractivity contribution is 0.317. The Morgan fingerprint density at radius 1 is 0.630 bits per heavy atom. The number of hydrogen-bond donors (Lipinski definition) is 2. The van der Waals surface area contributed by atoms with Crippen LogP contribution in [0.3, 0.4) is 0 Å². The molecule has 0 atom stereocenters. The molecule has 0 aromatic rings. The van der Waals surface area contributed by atoms with E-state index < -0.39 is 7.60 Å². The third-order valence-electron chi connectivity index (χ3n) is 5.16. The van der Waals surface area contributed by atoms with Crippen LogP contribution in [0.25, 0.3) is 0 Å². The zero-order chi connectivity index (χ0) is 20.2. The van der Waals surface area contributed by atoms with Gasteiger partial charge in [-0.05, 0) is 43.8 Å². The van der Waals surface area contributed by atoms with Gasteiger partial charge in [0, 0.05) is 0 Å². The fourth-order valence-corrected chi connectivity index (χ4v) is 4.53. The van der Waals surface area contributed by atoms with Crippen LogP contribution in [-0.4, -0.2) is 45.4 Å². The van der Waals surface area contributed by atoms with Crippen molar-refractivity contribution in [3.63, 3.8) is 0 Å². The van der Waals surface area contributed by atoms with E-state index in [1.165, 1.54) is 101 Å². The van der Waals surface area contributed by atoms with Crippen molar-refractivity contribution in [3.8, 4) is 0 Å². The molecule has 0 spiro atoms. The van der Waals surface area contributed by atoms with Crippen LogP contribution in [0.2, 0.25) is 0 Å². The molecule has 0 saturated carbocycles. The second-order valence-corrected chi connectivity index (χ2v) is 10.9. The Kier molecular flexibility index (Phi) is 20.8. The highest BCUT2D eigenvalue weighted by atomic mass is 127. The van der Waals surface area contributed by atoms with Gasteiger partial charge in [-0.1, -0.05) is 106 Å². The molecule has 0 heterocycles. The van der Waals surface area contributed by atoms with Crippen LogP contribution in [0, 0.1) is 0 Å². The van der Waals surface area contributed by atoms with Crippen LogP contribution >= 0.6 is 30.2 Å². The van der Waals surface area contributed by atoms with Crippen LogP contribution in [0.1, 0.15) is 103 Å². The van der Waals surface area contributed by atoms with Gasteiger partial charge in [-0.25, -0.2) is 0 Å². The van der Waals surface area contributed by atoms with Crippen LogP contribution in [0.4, 0.5) is 0 Å². The molecular weight excluding hydrogens is 472 g/mol. The molecule has 0 fully saturated rings. The Balaban J connectivity index is 3.15. The van der Waals surface area contributed by atoms with Gasteiger partial charge >= 0.3 is 7.60 Å². The molecule has 4 nitrogen and oxygen atoms in total. The van der Waals surface area contributed by atoms with E-state index in [-0.39, 0.29) is 6.16 Å². The van der Waals surface area contributed by atoms with Crippen LogP contribution < -0.4 is 0 Å². The summed E-state index contributed by atoms with van der Waals surface area (Å²) in [5, 5.41) is 0. The molecule has 0 aliphatic carbocycles. The van der Waals surface area contributed by atoms with Gasteiger partial charge in [0.25, 0.3) is 0 Å². The highest BCUT2D eigenvalue weighted by Crippen LogP contribution is 2.34. The Morgan fingerprint density at radius 3 is 1.33 bits per heavy atom. The van der Waals surface area contributed by atoms with E-state index in [4.69, 9.17) is 9.79 Å². The number of rotatable bonds is 21. The van der Waals surface area contributed by atoms with E-state index in [1.54, 1.807) is 0 Å². The predicted octanol–water partition coefficient (Wildman–Crippen LogP) is 6.77. The summed E-state index contributed by atoms with van der Waals surface area (Å²) in [4.78, 5) is 19.9. The molecular formula is C21H45INO3P. The number of nitrogens with zero attached hydrogens (tertiary/aromatic N) is 1. The monoisotopic (exact) mass is 517 g/mol. The van der Waals surface area contributed by atoms with Gasteiger partial charge in [0.1, 0.15) is 0 Å². The molecule has 0 aromatic carbocycles. The molecule has 6 heteroatoms. The minimum Gasteiger partial charge on any atom is -0.324 e. The summed E-state index contributed by atoms with van der Waals surface area (Å²) in [6.45, 7) is 1.82. The van der Waals surface area contributed by atoms with Gasteiger partial charge in [0.15, 0.2) is 0 Å². The molecule has 0 saturated heterocycles. The lowest BCUT2D eigenvalue weighted by Gasteiger charge is -2.16. The van der Waals surface area contributed by atoms with Crippen molar-refractivity contribution >= 4 is 30.2 Å². The van der Waals surface area contributed by atoms with Crippen molar-refractivity contribution in [3.05, 3.63) is 0 Å². The topological polar surface area (TPSA) is 60.8 Å². The maximum absolute atomic E-state index is 10.8. The van der Waals surface area contributed by atoms with Gasteiger partial charge < -0.3 is 14.7 Å². The smallest absolute Gasteiger partial charge is 0.324 e. The Bertz CT molecular complexity index is 352. The van der Waals surface area contributed by atoms with E-state index in [0.717, 1.165) is 13.1 Å². The summed E-state index contributed by atoms with van der Waals surface area (Å²) in [5.74, 6) is 0. The molecule has 0 amide bonds. The summed E-state index contributed by atoms with van der Waals surface area (Å²) >= 11 is 2.47. The molecule has 2 N–H and O–H groups in total. The van der Waals surface area contributed by atoms with Crippen molar-refractivity contribution < 1.29 is 14.4 Å². The second-order valence-electron chi connectivity index (χ2n) is 8.04. The average molecular weight is 517 g/mol. The number of hydrogen-bond acceptors (Lipinski definition) is 2. The zero-order valence-electron chi connectivity index (χ0n) is 17.7. The Morgan fingerprint density at radius 2 is 0.963 bits per heavy atom. The number of halogens is 1. The molecule has 0 rings (SSSR count). The van der Waals surface area contributed by atoms with Gasteiger partial charge in [0.05, 0.1) is 6.16 Å². The second kappa shape index (κ2) is 20.1. The van der Waals surface area contributed by atoms with Crippen molar-refractivity contribution in [2.24, 2.45) is 0 Å². The first-order valence-electron chi connectivity index (χ1n) is 11.2. The van der Waals surface area contributed by atoms with Crippen molar-refractivity contribution in [1.82, 2.24) is 4.90 Å². The largest absolute Gasteiger partial charge is 0.325 e. The summed E-state index contributed by atoms with van der Waals surface area (Å²) < 4.78 is 12.1. The molecule has 0 unspecified atom stereocenters. The van der Waals surface area contributed by atoms with Gasteiger partial charge in [0.2, 0.25) is 0 Å². The SMILES string of the molecule is CN(CCCCCCCCCCCCCCCCCI)CCCP(=O)(O)O. The third kappa shape index (κ3) is 24.8. The fraction of sp³-hybridized carbons (Fsp3) is 1.00. The average Bonchev–Trinajstić information content (AvgIpc) is 2.60. The Labute approximate surface area is 182 Å². The van der Waals surface area contributed by atoms with E-state index in [9.17, 15) is 4.57 Å². The molecule has 0 radical (unpaired) electrons. The summed E-state index contributed by atoms with van der Waals surface area (Å²) in [5.41, 5.74) is 0. The number of unbranched alkanes of at least 4 members (excludes halogenated alkanes) is 14. The quantitative estimate of drug-likeness (QED) is 0.0764. The van der Waals surface area contributed by atoms with E-state index in [2.05, 4.69) is 27.5 Å². The zero-order valence-corrected chi connectivity index (χ0v) is 20.8. The maximum atomic E-state index is 10.8. The highest BCUT2D eigenvalue weighted by molar-refractivity contribution is 14.1. The lowest BCUT2D eigenvalue weighted by atomic mass is 10.0. The highest BCUT2D eigenvalue weighted by Gasteiger charge is 2.12. The molecule has 0 bridgehead atoms. The first-order valence-corrected chi connectivity index (χ1v) is 14.6. The van der Waals surface area contributed by atoms with E-state index in [0.29, 0.717) is 6.42 Å². The minimum atomic E-state index is -3.81. The van der Waals surface area contributed by atoms with Gasteiger partial charge in [-0.3, -0.25) is 4.57 Å². The first-order chi connectivity index (χ1) is 13.0. The third-order valence-corrected chi connectivity index (χ3v) is 6.82. The van der Waals surface area contributed by atoms with Crippen LogP contribution in [0.5, 0.6) is 0 Å². The molecule has 0 aliphatic rings. The van der Waals surface area contributed by atoms with Crippen LogP contribution in [0.15, 0.2) is 0 Å². The standard InChI is InChI=1S/C21H45INO3P/c1-23(20-17-21-27(24,25)26)19-16-14-12-10-8-6-4-2-3-5-7-9-11-13-15-18-22/h2-21H2,1H3,(H2,24,25,26). The van der Waals surface area contributed by atoms with Crippen molar-refractivity contribution in [2.75, 3.05) is 30.7 Å². The summed E-state index contributed by atoms with van der Waals surface area (Å²) in [6, 6.07) is 0. The minimum absolute atomic E-state index is 0.00997. The summed E-state index contributed by atoms with van der Waals surface area (Å²) in [6.07, 6.45) is 21.4. The van der Waals surface area contributed by atoms with Crippen molar-refractivity contribution in [2.45, 2.75) is 103 Å².